The first kappa shape index (κ1) is 14.8. The third kappa shape index (κ3) is 2.35. The average Bonchev–Trinajstić information content (AvgIpc) is 3.10. The summed E-state index contributed by atoms with van der Waals surface area (Å²) in [6.07, 6.45) is 5.39. The first-order valence-corrected chi connectivity index (χ1v) is 8.12. The highest BCUT2D eigenvalue weighted by atomic mass is 16.5. The van der Waals surface area contributed by atoms with Gasteiger partial charge in [0, 0.05) is 11.6 Å². The van der Waals surface area contributed by atoms with Gasteiger partial charge in [0.15, 0.2) is 0 Å². The summed E-state index contributed by atoms with van der Waals surface area (Å²) in [6, 6.07) is 13.7. The Labute approximate surface area is 140 Å². The molecule has 122 valence electrons. The minimum Gasteiger partial charge on any atom is -0.497 e. The summed E-state index contributed by atoms with van der Waals surface area (Å²) in [6.45, 7) is 0. The molecule has 0 fully saturated rings. The molecule has 0 bridgehead atoms. The lowest BCUT2D eigenvalue weighted by molar-refractivity contribution is 0.0696. The molecular formula is C20H19NO3. The van der Waals surface area contributed by atoms with Gasteiger partial charge in [0.2, 0.25) is 0 Å². The highest BCUT2D eigenvalue weighted by Crippen LogP contribution is 2.50. The number of fused-ring (bicyclic) bond motifs is 3. The van der Waals surface area contributed by atoms with Gasteiger partial charge in [-0.2, -0.15) is 0 Å². The van der Waals surface area contributed by atoms with Crippen LogP contribution in [0.5, 0.6) is 5.75 Å². The minimum atomic E-state index is -0.883. The van der Waals surface area contributed by atoms with Crippen molar-refractivity contribution in [2.75, 3.05) is 12.4 Å². The van der Waals surface area contributed by atoms with Gasteiger partial charge in [0.1, 0.15) is 5.75 Å². The molecule has 0 saturated heterocycles. The van der Waals surface area contributed by atoms with Crippen LogP contribution in [-0.2, 0) is 0 Å². The fourth-order valence-electron chi connectivity index (χ4n) is 3.89. The summed E-state index contributed by atoms with van der Waals surface area (Å²) in [5.74, 6) is 0.598. The van der Waals surface area contributed by atoms with Crippen molar-refractivity contribution in [2.24, 2.45) is 5.92 Å². The molecule has 4 rings (SSSR count). The lowest BCUT2D eigenvalue weighted by Gasteiger charge is -2.37. The molecule has 0 amide bonds. The Morgan fingerprint density at radius 3 is 2.92 bits per heavy atom. The summed E-state index contributed by atoms with van der Waals surface area (Å²) in [4.78, 5) is 11.3. The zero-order chi connectivity index (χ0) is 16.7. The van der Waals surface area contributed by atoms with Crippen LogP contribution < -0.4 is 10.1 Å². The predicted octanol–water partition coefficient (Wildman–Crippen LogP) is 4.22. The van der Waals surface area contributed by atoms with E-state index in [1.165, 1.54) is 5.56 Å². The van der Waals surface area contributed by atoms with Crippen LogP contribution in [0.15, 0.2) is 54.6 Å². The fourth-order valence-corrected chi connectivity index (χ4v) is 3.89. The fraction of sp³-hybridized carbons (Fsp3) is 0.250. The second-order valence-electron chi connectivity index (χ2n) is 6.36. The SMILES string of the molecule is COc1cccc([C@@H]2Nc3ccc(C(=O)O)cc3[C@H]3C=CC[C@@H]32)c1. The number of nitrogens with one attached hydrogen (secondary N) is 1. The largest absolute Gasteiger partial charge is 0.497 e. The number of hydrogen-bond donors (Lipinski definition) is 2. The number of benzene rings is 2. The van der Waals surface area contributed by atoms with Crippen molar-refractivity contribution in [3.05, 3.63) is 71.3 Å². The minimum absolute atomic E-state index is 0.184. The Kier molecular flexibility index (Phi) is 3.53. The van der Waals surface area contributed by atoms with Crippen LogP contribution in [0.1, 0.15) is 39.9 Å². The molecule has 2 aromatic carbocycles. The second-order valence-corrected chi connectivity index (χ2v) is 6.36. The molecule has 0 spiro atoms. The molecule has 24 heavy (non-hydrogen) atoms. The smallest absolute Gasteiger partial charge is 0.335 e. The Morgan fingerprint density at radius 2 is 2.12 bits per heavy atom. The van der Waals surface area contributed by atoms with Crippen molar-refractivity contribution in [1.29, 1.82) is 0 Å². The third-order valence-electron chi connectivity index (χ3n) is 5.06. The van der Waals surface area contributed by atoms with E-state index in [-0.39, 0.29) is 12.0 Å². The number of carboxylic acids is 1. The van der Waals surface area contributed by atoms with Crippen molar-refractivity contribution >= 4 is 11.7 Å². The number of allylic oxidation sites excluding steroid dienone is 2. The number of rotatable bonds is 3. The molecule has 2 aliphatic rings. The number of aromatic carboxylic acids is 1. The summed E-state index contributed by atoms with van der Waals surface area (Å²) in [5, 5.41) is 12.9. The maximum absolute atomic E-state index is 11.3. The number of carbonyl (C=O) groups is 1. The van der Waals surface area contributed by atoms with Gasteiger partial charge in [-0.3, -0.25) is 0 Å². The van der Waals surface area contributed by atoms with E-state index in [9.17, 15) is 9.90 Å². The maximum atomic E-state index is 11.3. The normalized spacial score (nSPS) is 24.0. The van der Waals surface area contributed by atoms with Crippen molar-refractivity contribution in [3.63, 3.8) is 0 Å². The molecule has 3 atom stereocenters. The molecule has 1 heterocycles. The standard InChI is InChI=1S/C20H19NO3/c1-24-14-5-2-4-12(10-14)19-16-7-3-6-15(16)17-11-13(20(22)23)8-9-18(17)21-19/h2-6,8-11,15-16,19,21H,7H2,1H3,(H,22,23)/t15-,16-,19-/m0/s1. The maximum Gasteiger partial charge on any atom is 0.335 e. The first-order chi connectivity index (χ1) is 11.7. The van der Waals surface area contributed by atoms with E-state index in [0.29, 0.717) is 11.5 Å². The van der Waals surface area contributed by atoms with E-state index >= 15 is 0 Å². The molecule has 4 nitrogen and oxygen atoms in total. The van der Waals surface area contributed by atoms with Gasteiger partial charge in [-0.15, -0.1) is 0 Å². The predicted molar refractivity (Wildman–Crippen MR) is 92.7 cm³/mol. The van der Waals surface area contributed by atoms with Gasteiger partial charge >= 0.3 is 5.97 Å². The molecular weight excluding hydrogens is 302 g/mol. The van der Waals surface area contributed by atoms with Gasteiger partial charge < -0.3 is 15.2 Å². The van der Waals surface area contributed by atoms with E-state index in [1.807, 2.05) is 18.2 Å². The van der Waals surface area contributed by atoms with Gasteiger partial charge in [-0.25, -0.2) is 4.79 Å². The van der Waals surface area contributed by atoms with E-state index < -0.39 is 5.97 Å². The van der Waals surface area contributed by atoms with Crippen molar-refractivity contribution in [1.82, 2.24) is 0 Å². The Balaban J connectivity index is 1.76. The summed E-state index contributed by atoms with van der Waals surface area (Å²) in [7, 11) is 1.68. The van der Waals surface area contributed by atoms with Crippen LogP contribution in [0, 0.1) is 5.92 Å². The number of anilines is 1. The number of carboxylic acid groups (broad SMARTS) is 1. The van der Waals surface area contributed by atoms with E-state index in [4.69, 9.17) is 4.74 Å². The first-order valence-electron chi connectivity index (χ1n) is 8.12. The number of methoxy groups -OCH3 is 1. The molecule has 2 aromatic rings. The lowest BCUT2D eigenvalue weighted by atomic mass is 9.76. The topological polar surface area (TPSA) is 58.6 Å². The highest BCUT2D eigenvalue weighted by Gasteiger charge is 2.38. The molecule has 0 radical (unpaired) electrons. The molecule has 0 aromatic heterocycles. The monoisotopic (exact) mass is 321 g/mol. The van der Waals surface area contributed by atoms with Crippen molar-refractivity contribution in [3.8, 4) is 5.75 Å². The Bertz CT molecular complexity index is 827. The van der Waals surface area contributed by atoms with Crippen LogP contribution in [0.25, 0.3) is 0 Å². The van der Waals surface area contributed by atoms with Crippen molar-refractivity contribution in [2.45, 2.75) is 18.4 Å². The van der Waals surface area contributed by atoms with Gasteiger partial charge in [0.05, 0.1) is 18.7 Å². The molecule has 2 N–H and O–H groups in total. The quantitative estimate of drug-likeness (QED) is 0.831. The lowest BCUT2D eigenvalue weighted by Crippen LogP contribution is -2.29. The highest BCUT2D eigenvalue weighted by molar-refractivity contribution is 5.89. The van der Waals surface area contributed by atoms with E-state index in [0.717, 1.165) is 23.4 Å². The van der Waals surface area contributed by atoms with Crippen molar-refractivity contribution < 1.29 is 14.6 Å². The molecule has 4 heteroatoms. The van der Waals surface area contributed by atoms with E-state index in [1.54, 1.807) is 19.2 Å². The number of ether oxygens (including phenoxy) is 1. The summed E-state index contributed by atoms with van der Waals surface area (Å²) < 4.78 is 5.36. The van der Waals surface area contributed by atoms with Crippen LogP contribution in [0.3, 0.4) is 0 Å². The molecule has 1 aliphatic heterocycles. The van der Waals surface area contributed by atoms with Gasteiger partial charge in [0.25, 0.3) is 0 Å². The second kappa shape index (κ2) is 5.71. The van der Waals surface area contributed by atoms with E-state index in [2.05, 4.69) is 29.6 Å². The molecule has 0 unspecified atom stereocenters. The Hall–Kier alpha value is -2.75. The average molecular weight is 321 g/mol. The zero-order valence-electron chi connectivity index (χ0n) is 13.4. The number of hydrogen-bond acceptors (Lipinski definition) is 3. The van der Waals surface area contributed by atoms with Gasteiger partial charge in [-0.05, 0) is 53.8 Å². The molecule has 0 saturated carbocycles. The summed E-state index contributed by atoms with van der Waals surface area (Å²) in [5.41, 5.74) is 3.63. The third-order valence-corrected chi connectivity index (χ3v) is 5.06. The van der Waals surface area contributed by atoms with Crippen LogP contribution in [0.4, 0.5) is 5.69 Å². The van der Waals surface area contributed by atoms with Gasteiger partial charge in [-0.1, -0.05) is 24.3 Å². The van der Waals surface area contributed by atoms with Crippen LogP contribution >= 0.6 is 0 Å². The Morgan fingerprint density at radius 1 is 1.25 bits per heavy atom. The molecule has 1 aliphatic carbocycles. The van der Waals surface area contributed by atoms with Crippen LogP contribution in [-0.4, -0.2) is 18.2 Å². The summed E-state index contributed by atoms with van der Waals surface area (Å²) >= 11 is 0. The zero-order valence-corrected chi connectivity index (χ0v) is 13.4. The van der Waals surface area contributed by atoms with Crippen LogP contribution in [0.2, 0.25) is 0 Å².